The Bertz CT molecular complexity index is 906. The number of fused-ring (bicyclic) bond motifs is 1. The first-order valence-corrected chi connectivity index (χ1v) is 6.95. The Morgan fingerprint density at radius 1 is 1.23 bits per heavy atom. The highest BCUT2D eigenvalue weighted by atomic mass is 35.5. The number of carboxylic acids is 1. The third-order valence-corrected chi connectivity index (χ3v) is 3.93. The second-order valence-electron chi connectivity index (χ2n) is 4.26. The average molecular weight is 361 g/mol. The van der Waals surface area contributed by atoms with Crippen LogP contribution in [0.3, 0.4) is 0 Å². The minimum absolute atomic E-state index is 0.0269. The second kappa shape index (κ2) is 5.39. The molecule has 0 aliphatic rings. The molecule has 0 spiro atoms. The fraction of sp³-hybridized carbons (Fsp3) is 0. The van der Waals surface area contributed by atoms with E-state index in [4.69, 9.17) is 39.9 Å². The Hall–Kier alpha value is -1.89. The second-order valence-corrected chi connectivity index (χ2v) is 5.39. The van der Waals surface area contributed by atoms with Crippen LogP contribution in [0.25, 0.3) is 16.8 Å². The highest BCUT2D eigenvalue weighted by molar-refractivity contribution is 6.40. The number of aromatic carboxylic acids is 1. The van der Waals surface area contributed by atoms with Gasteiger partial charge in [-0.2, -0.15) is 5.10 Å². The third kappa shape index (κ3) is 2.20. The number of hydrogen-bond donors (Lipinski definition) is 1. The lowest BCUT2D eigenvalue weighted by Crippen LogP contribution is -2.02. The third-order valence-electron chi connectivity index (χ3n) is 2.99. The number of nitrogens with zero attached hydrogens (tertiary/aromatic N) is 3. The fourth-order valence-corrected chi connectivity index (χ4v) is 2.90. The summed E-state index contributed by atoms with van der Waals surface area (Å²) in [6.07, 6.45) is 1.08. The van der Waals surface area contributed by atoms with Crippen LogP contribution >= 0.6 is 34.8 Å². The number of carbonyl (C=O) groups is 1. The smallest absolute Gasteiger partial charge is 0.341 e. The van der Waals surface area contributed by atoms with Crippen molar-refractivity contribution in [1.82, 2.24) is 14.6 Å². The van der Waals surface area contributed by atoms with E-state index in [1.54, 1.807) is 0 Å². The van der Waals surface area contributed by atoms with Gasteiger partial charge in [-0.05, 0) is 12.1 Å². The van der Waals surface area contributed by atoms with Gasteiger partial charge in [0.05, 0.1) is 16.8 Å². The van der Waals surface area contributed by atoms with Crippen LogP contribution < -0.4 is 0 Å². The van der Waals surface area contributed by atoms with Crippen LogP contribution in [0.4, 0.5) is 4.39 Å². The summed E-state index contributed by atoms with van der Waals surface area (Å²) < 4.78 is 15.1. The van der Waals surface area contributed by atoms with Crippen LogP contribution in [0.2, 0.25) is 15.3 Å². The molecule has 3 aromatic rings. The van der Waals surface area contributed by atoms with Crippen molar-refractivity contribution in [3.8, 4) is 11.1 Å². The van der Waals surface area contributed by atoms with E-state index < -0.39 is 11.8 Å². The molecule has 0 saturated heterocycles. The van der Waals surface area contributed by atoms with Crippen LogP contribution in [0.15, 0.2) is 24.4 Å². The molecule has 112 valence electrons. The van der Waals surface area contributed by atoms with Crippen molar-refractivity contribution in [2.45, 2.75) is 0 Å². The van der Waals surface area contributed by atoms with E-state index in [9.17, 15) is 9.18 Å². The molecule has 0 saturated carbocycles. The molecule has 2 aromatic heterocycles. The van der Waals surface area contributed by atoms with E-state index in [1.165, 1.54) is 18.2 Å². The summed E-state index contributed by atoms with van der Waals surface area (Å²) in [6.45, 7) is 0. The van der Waals surface area contributed by atoms with Gasteiger partial charge in [-0.3, -0.25) is 0 Å². The summed E-state index contributed by atoms with van der Waals surface area (Å²) in [4.78, 5) is 15.1. The van der Waals surface area contributed by atoms with Crippen molar-refractivity contribution in [3.05, 3.63) is 51.1 Å². The Balaban J connectivity index is 2.40. The maximum atomic E-state index is 14.1. The van der Waals surface area contributed by atoms with Gasteiger partial charge >= 0.3 is 5.97 Å². The number of benzene rings is 1. The minimum Gasteiger partial charge on any atom is -0.477 e. The normalized spacial score (nSPS) is 11.1. The molecule has 1 N–H and O–H groups in total. The van der Waals surface area contributed by atoms with Crippen LogP contribution in [0.1, 0.15) is 10.4 Å². The SMILES string of the molecule is O=C(O)c1cnn2c(Cl)c(-c3c(F)cccc3Cl)c(Cl)nc12. The highest BCUT2D eigenvalue weighted by Gasteiger charge is 2.23. The van der Waals surface area contributed by atoms with E-state index in [2.05, 4.69) is 10.1 Å². The van der Waals surface area contributed by atoms with Gasteiger partial charge in [0.25, 0.3) is 0 Å². The molecular weight excluding hydrogens is 356 g/mol. The van der Waals surface area contributed by atoms with Crippen molar-refractivity contribution >= 4 is 46.4 Å². The largest absolute Gasteiger partial charge is 0.477 e. The zero-order chi connectivity index (χ0) is 16.0. The van der Waals surface area contributed by atoms with Crippen molar-refractivity contribution in [1.29, 1.82) is 0 Å². The Kier molecular flexibility index (Phi) is 3.68. The zero-order valence-electron chi connectivity index (χ0n) is 10.5. The molecule has 0 atom stereocenters. The first-order valence-electron chi connectivity index (χ1n) is 5.82. The van der Waals surface area contributed by atoms with Gasteiger partial charge in [-0.25, -0.2) is 18.7 Å². The van der Waals surface area contributed by atoms with Crippen molar-refractivity contribution in [2.24, 2.45) is 0 Å². The highest BCUT2D eigenvalue weighted by Crippen LogP contribution is 2.39. The Labute approximate surface area is 137 Å². The Morgan fingerprint density at radius 3 is 2.59 bits per heavy atom. The average Bonchev–Trinajstić information content (AvgIpc) is 2.85. The summed E-state index contributed by atoms with van der Waals surface area (Å²) >= 11 is 18.3. The summed E-state index contributed by atoms with van der Waals surface area (Å²) in [5.74, 6) is -1.87. The van der Waals surface area contributed by atoms with Gasteiger partial charge in [0.2, 0.25) is 0 Å². The Morgan fingerprint density at radius 2 is 1.95 bits per heavy atom. The monoisotopic (exact) mass is 359 g/mol. The summed E-state index contributed by atoms with van der Waals surface area (Å²) in [5, 5.41) is 12.7. The molecule has 0 aliphatic carbocycles. The van der Waals surface area contributed by atoms with E-state index in [-0.39, 0.29) is 37.7 Å². The standard InChI is InChI=1S/C13H5Cl3FN3O2/c14-6-2-1-3-7(17)8(6)9-10(15)19-12-5(13(21)22)4-18-20(12)11(9)16/h1-4H,(H,21,22). The number of halogens is 4. The van der Waals surface area contributed by atoms with Gasteiger partial charge in [-0.1, -0.05) is 40.9 Å². The number of carboxylic acid groups (broad SMARTS) is 1. The van der Waals surface area contributed by atoms with Gasteiger partial charge in [0, 0.05) is 5.56 Å². The lowest BCUT2D eigenvalue weighted by atomic mass is 10.1. The van der Waals surface area contributed by atoms with Crippen molar-refractivity contribution in [2.75, 3.05) is 0 Å². The summed E-state index contributed by atoms with van der Waals surface area (Å²) in [7, 11) is 0. The zero-order valence-corrected chi connectivity index (χ0v) is 12.8. The van der Waals surface area contributed by atoms with Gasteiger partial charge in [-0.15, -0.1) is 0 Å². The van der Waals surface area contributed by atoms with Gasteiger partial charge < -0.3 is 5.11 Å². The van der Waals surface area contributed by atoms with Crippen molar-refractivity contribution in [3.63, 3.8) is 0 Å². The predicted molar refractivity (Wildman–Crippen MR) is 80.4 cm³/mol. The molecule has 9 heteroatoms. The molecule has 1 aromatic carbocycles. The molecule has 0 aliphatic heterocycles. The van der Waals surface area contributed by atoms with Gasteiger partial charge in [0.1, 0.15) is 21.7 Å². The topological polar surface area (TPSA) is 67.5 Å². The molecule has 0 radical (unpaired) electrons. The fourth-order valence-electron chi connectivity index (χ4n) is 2.03. The number of hydrogen-bond acceptors (Lipinski definition) is 3. The molecule has 3 rings (SSSR count). The molecule has 0 bridgehead atoms. The van der Waals surface area contributed by atoms with Crippen LogP contribution in [-0.4, -0.2) is 25.7 Å². The maximum Gasteiger partial charge on any atom is 0.341 e. The number of rotatable bonds is 2. The molecule has 0 amide bonds. The first-order chi connectivity index (χ1) is 10.4. The minimum atomic E-state index is -1.23. The quantitative estimate of drug-likeness (QED) is 0.696. The van der Waals surface area contributed by atoms with E-state index in [1.807, 2.05) is 0 Å². The molecule has 5 nitrogen and oxygen atoms in total. The van der Waals surface area contributed by atoms with Crippen LogP contribution in [0.5, 0.6) is 0 Å². The lowest BCUT2D eigenvalue weighted by molar-refractivity contribution is 0.0699. The molecule has 22 heavy (non-hydrogen) atoms. The number of aromatic nitrogens is 3. The van der Waals surface area contributed by atoms with Crippen molar-refractivity contribution < 1.29 is 14.3 Å². The maximum absolute atomic E-state index is 14.1. The molecular formula is C13H5Cl3FN3O2. The molecule has 0 fully saturated rings. The summed E-state index contributed by atoms with van der Waals surface area (Å²) in [5.41, 5.74) is -0.200. The molecule has 0 unspecified atom stereocenters. The van der Waals surface area contributed by atoms with Crippen LogP contribution in [0, 0.1) is 5.82 Å². The van der Waals surface area contributed by atoms with E-state index in [0.717, 1.165) is 10.7 Å². The van der Waals surface area contributed by atoms with Gasteiger partial charge in [0.15, 0.2) is 5.65 Å². The summed E-state index contributed by atoms with van der Waals surface area (Å²) in [6, 6.07) is 4.11. The van der Waals surface area contributed by atoms with Crippen LogP contribution in [-0.2, 0) is 0 Å². The predicted octanol–water partition coefficient (Wildman–Crippen LogP) is 4.19. The molecule has 2 heterocycles. The first kappa shape index (κ1) is 15.0. The lowest BCUT2D eigenvalue weighted by Gasteiger charge is -2.11. The van der Waals surface area contributed by atoms with E-state index >= 15 is 0 Å². The van der Waals surface area contributed by atoms with E-state index in [0.29, 0.717) is 0 Å².